The van der Waals surface area contributed by atoms with Gasteiger partial charge in [0, 0.05) is 12.5 Å². The zero-order chi connectivity index (χ0) is 32.5. The van der Waals surface area contributed by atoms with E-state index in [2.05, 4.69) is 42.0 Å². The molecule has 260 valence electrons. The molecule has 8 N–H and O–H groups in total. The molecule has 9 heteroatoms. The van der Waals surface area contributed by atoms with Gasteiger partial charge in [-0.3, -0.25) is 9.59 Å². The highest BCUT2D eigenvalue weighted by molar-refractivity contribution is 5.81. The molecule has 10 atom stereocenters. The van der Waals surface area contributed by atoms with Crippen molar-refractivity contribution in [3.63, 3.8) is 0 Å². The minimum absolute atomic E-state index is 0.162. The number of carboxylic acid groups (broad SMARTS) is 1. The van der Waals surface area contributed by atoms with Gasteiger partial charge in [-0.2, -0.15) is 0 Å². The average Bonchev–Trinajstić information content (AvgIpc) is 3.37. The van der Waals surface area contributed by atoms with Gasteiger partial charge >= 0.3 is 5.97 Å². The second-order valence-corrected chi connectivity index (χ2v) is 15.8. The van der Waals surface area contributed by atoms with Gasteiger partial charge in [0.2, 0.25) is 5.91 Å². The molecule has 0 aliphatic heterocycles. The van der Waals surface area contributed by atoms with Crippen LogP contribution in [0.5, 0.6) is 0 Å². The summed E-state index contributed by atoms with van der Waals surface area (Å²) in [6.07, 6.45) is 15.1. The second-order valence-electron chi connectivity index (χ2n) is 15.8. The minimum atomic E-state index is -1.00. The van der Waals surface area contributed by atoms with Crippen LogP contribution in [0.25, 0.3) is 0 Å². The van der Waals surface area contributed by atoms with E-state index >= 15 is 0 Å². The summed E-state index contributed by atoms with van der Waals surface area (Å²) in [6.45, 7) is 13.2. The predicted octanol–water partition coefficient (Wildman–Crippen LogP) is 3.89. The SMILES string of the molecule is C[C@H](CCC(=O)NCC(=O)O)[C@H]1CCC2C3C(CC[C@@]21C)[C@@]1(C)CC[C@H](NCCCNCCCCNCCCN)C[C@H]1C[C@H]3O. The largest absolute Gasteiger partial charge is 0.480 e. The van der Waals surface area contributed by atoms with Gasteiger partial charge < -0.3 is 37.2 Å². The number of unbranched alkanes of at least 4 members (excludes halogenated alkanes) is 1. The smallest absolute Gasteiger partial charge is 0.322 e. The lowest BCUT2D eigenvalue weighted by Gasteiger charge is -2.62. The Bertz CT molecular complexity index is 937. The van der Waals surface area contributed by atoms with Crippen molar-refractivity contribution in [3.05, 3.63) is 0 Å². The molecular weight excluding hydrogens is 566 g/mol. The highest BCUT2D eigenvalue weighted by atomic mass is 16.4. The first kappa shape index (κ1) is 36.6. The van der Waals surface area contributed by atoms with Crippen LogP contribution in [0.1, 0.15) is 111 Å². The highest BCUT2D eigenvalue weighted by Gasteiger charge is 2.62. The summed E-state index contributed by atoms with van der Waals surface area (Å²) in [4.78, 5) is 23.0. The van der Waals surface area contributed by atoms with Gasteiger partial charge in [0.25, 0.3) is 0 Å². The van der Waals surface area contributed by atoms with Gasteiger partial charge in [-0.05, 0) is 169 Å². The number of carbonyl (C=O) groups is 2. The number of carboxylic acids is 1. The van der Waals surface area contributed by atoms with Crippen LogP contribution in [-0.2, 0) is 9.59 Å². The first-order valence-corrected chi connectivity index (χ1v) is 18.6. The summed E-state index contributed by atoms with van der Waals surface area (Å²) in [7, 11) is 0. The summed E-state index contributed by atoms with van der Waals surface area (Å²) in [5.41, 5.74) is 6.08. The molecule has 4 aliphatic rings. The fraction of sp³-hybridized carbons (Fsp3) is 0.944. The Kier molecular flexibility index (Phi) is 14.0. The molecule has 4 saturated carbocycles. The van der Waals surface area contributed by atoms with Crippen molar-refractivity contribution in [2.45, 2.75) is 123 Å². The number of hydrogen-bond donors (Lipinski definition) is 7. The van der Waals surface area contributed by atoms with Crippen molar-refractivity contribution in [2.24, 2.45) is 52.1 Å². The van der Waals surface area contributed by atoms with Gasteiger partial charge in [0.15, 0.2) is 0 Å². The lowest BCUT2D eigenvalue weighted by molar-refractivity contribution is -0.167. The molecule has 45 heavy (non-hydrogen) atoms. The van der Waals surface area contributed by atoms with E-state index in [1.54, 1.807) is 0 Å². The molecule has 1 amide bonds. The summed E-state index contributed by atoms with van der Waals surface area (Å²) in [5.74, 6) is 1.99. The van der Waals surface area contributed by atoms with E-state index < -0.39 is 5.97 Å². The van der Waals surface area contributed by atoms with Crippen molar-refractivity contribution in [3.8, 4) is 0 Å². The molecule has 4 rings (SSSR count). The maximum atomic E-state index is 12.2. The summed E-state index contributed by atoms with van der Waals surface area (Å²) < 4.78 is 0. The number of aliphatic hydroxyl groups excluding tert-OH is 1. The number of aliphatic carboxylic acids is 1. The third-order valence-corrected chi connectivity index (χ3v) is 13.2. The monoisotopic (exact) mass is 634 g/mol. The zero-order valence-electron chi connectivity index (χ0n) is 28.8. The Morgan fingerprint density at radius 1 is 0.867 bits per heavy atom. The summed E-state index contributed by atoms with van der Waals surface area (Å²) in [6, 6.07) is 0.574. The maximum Gasteiger partial charge on any atom is 0.322 e. The van der Waals surface area contributed by atoms with Crippen molar-refractivity contribution in [2.75, 3.05) is 45.8 Å². The van der Waals surface area contributed by atoms with E-state index in [9.17, 15) is 14.7 Å². The van der Waals surface area contributed by atoms with E-state index in [4.69, 9.17) is 10.8 Å². The molecule has 4 aliphatic carbocycles. The van der Waals surface area contributed by atoms with Gasteiger partial charge in [-0.1, -0.05) is 20.8 Å². The topological polar surface area (TPSA) is 149 Å². The molecule has 0 spiro atoms. The first-order chi connectivity index (χ1) is 21.6. The number of hydrogen-bond acceptors (Lipinski definition) is 7. The highest BCUT2D eigenvalue weighted by Crippen LogP contribution is 2.68. The van der Waals surface area contributed by atoms with Gasteiger partial charge in [0.05, 0.1) is 6.10 Å². The normalized spacial score (nSPS) is 36.5. The molecule has 0 aromatic rings. The quantitative estimate of drug-likeness (QED) is 0.106. The van der Waals surface area contributed by atoms with Crippen LogP contribution >= 0.6 is 0 Å². The molecule has 9 nitrogen and oxygen atoms in total. The number of fused-ring (bicyclic) bond motifs is 5. The third kappa shape index (κ3) is 9.21. The number of aliphatic hydroxyl groups is 1. The molecule has 0 aromatic heterocycles. The third-order valence-electron chi connectivity index (χ3n) is 13.2. The van der Waals surface area contributed by atoms with E-state index in [0.29, 0.717) is 53.4 Å². The Balaban J connectivity index is 1.20. The molecule has 4 fully saturated rings. The molecular formula is C36H67N5O4. The fourth-order valence-electron chi connectivity index (χ4n) is 10.7. The van der Waals surface area contributed by atoms with Gasteiger partial charge in [-0.15, -0.1) is 0 Å². The second kappa shape index (κ2) is 17.2. The van der Waals surface area contributed by atoms with Crippen molar-refractivity contribution in [1.82, 2.24) is 21.3 Å². The number of carbonyl (C=O) groups excluding carboxylic acids is 1. The Morgan fingerprint density at radius 3 is 2.24 bits per heavy atom. The number of nitrogens with one attached hydrogen (secondary N) is 4. The van der Waals surface area contributed by atoms with E-state index in [1.807, 2.05) is 0 Å². The Labute approximate surface area is 273 Å². The number of rotatable bonds is 19. The lowest BCUT2D eigenvalue weighted by atomic mass is 9.43. The number of amides is 1. The lowest BCUT2D eigenvalue weighted by Crippen LogP contribution is -2.59. The Hall–Kier alpha value is -1.26. The fourth-order valence-corrected chi connectivity index (χ4v) is 10.7. The molecule has 0 saturated heterocycles. The molecule has 0 heterocycles. The summed E-state index contributed by atoms with van der Waals surface area (Å²) >= 11 is 0. The van der Waals surface area contributed by atoms with Crippen LogP contribution in [0.2, 0.25) is 0 Å². The zero-order valence-corrected chi connectivity index (χ0v) is 28.8. The van der Waals surface area contributed by atoms with Crippen molar-refractivity contribution < 1.29 is 19.8 Å². The van der Waals surface area contributed by atoms with E-state index in [0.717, 1.165) is 65.0 Å². The van der Waals surface area contributed by atoms with Crippen LogP contribution in [0.4, 0.5) is 0 Å². The van der Waals surface area contributed by atoms with Crippen LogP contribution in [0.3, 0.4) is 0 Å². The number of nitrogens with two attached hydrogens (primary N) is 1. The minimum Gasteiger partial charge on any atom is -0.480 e. The maximum absolute atomic E-state index is 12.2. The Morgan fingerprint density at radius 2 is 1.53 bits per heavy atom. The van der Waals surface area contributed by atoms with Gasteiger partial charge in [0.1, 0.15) is 6.54 Å². The molecule has 0 radical (unpaired) electrons. The van der Waals surface area contributed by atoms with Crippen LogP contribution < -0.4 is 27.0 Å². The van der Waals surface area contributed by atoms with Gasteiger partial charge in [-0.25, -0.2) is 0 Å². The van der Waals surface area contributed by atoms with Crippen LogP contribution in [-0.4, -0.2) is 80.0 Å². The molecule has 0 aromatic carbocycles. The molecule has 3 unspecified atom stereocenters. The van der Waals surface area contributed by atoms with Crippen LogP contribution in [0.15, 0.2) is 0 Å². The average molecular weight is 634 g/mol. The van der Waals surface area contributed by atoms with Crippen molar-refractivity contribution >= 4 is 11.9 Å². The van der Waals surface area contributed by atoms with Crippen molar-refractivity contribution in [1.29, 1.82) is 0 Å². The predicted molar refractivity (Wildman–Crippen MR) is 181 cm³/mol. The first-order valence-electron chi connectivity index (χ1n) is 18.6. The summed E-state index contributed by atoms with van der Waals surface area (Å²) in [5, 5.41) is 34.1. The van der Waals surface area contributed by atoms with E-state index in [-0.39, 0.29) is 24.0 Å². The standard InChI is InChI=1S/C36H67N5O4/c1-25(8-11-32(43)41-24-33(44)45)28-9-10-29-34-30(13-15-36(28,29)3)35(2)14-12-27(22-26(35)23-31(34)42)40-21-7-20-39-18-5-4-17-38-19-6-16-37/h25-31,34,38-40,42H,4-24,37H2,1-3H3,(H,41,43)(H,44,45)/t25-,26+,27+,28-,29?,30?,31-,34?,35+,36-/m1/s1. The van der Waals surface area contributed by atoms with E-state index in [1.165, 1.54) is 57.8 Å². The molecule has 0 bridgehead atoms. The van der Waals surface area contributed by atoms with Crippen LogP contribution in [0, 0.1) is 46.3 Å².